The summed E-state index contributed by atoms with van der Waals surface area (Å²) >= 11 is 1.23. The summed E-state index contributed by atoms with van der Waals surface area (Å²) in [4.78, 5) is 24.3. The number of carboxylic acids is 1. The smallest absolute Gasteiger partial charge is 0.319 e. The first-order chi connectivity index (χ1) is 9.60. The molecule has 0 unspecified atom stereocenters. The van der Waals surface area contributed by atoms with Crippen molar-refractivity contribution in [2.75, 3.05) is 5.32 Å². The van der Waals surface area contributed by atoms with Gasteiger partial charge in [-0.1, -0.05) is 32.9 Å². The molecule has 0 saturated heterocycles. The molecule has 1 aromatic carbocycles. The highest BCUT2D eigenvalue weighted by Gasteiger charge is 2.30. The second-order valence-corrected chi connectivity index (χ2v) is 7.77. The van der Waals surface area contributed by atoms with Crippen LogP contribution in [0, 0.1) is 5.41 Å². The molecule has 0 aliphatic rings. The highest BCUT2D eigenvalue weighted by molar-refractivity contribution is 8.01. The second kappa shape index (κ2) is 6.52. The number of amides is 1. The van der Waals surface area contributed by atoms with E-state index >= 15 is 0 Å². The molecule has 1 aromatic rings. The van der Waals surface area contributed by atoms with E-state index in [1.54, 1.807) is 19.9 Å². The molecule has 0 saturated carbocycles. The third-order valence-electron chi connectivity index (χ3n) is 3.51. The number of hydrogen-bond acceptors (Lipinski definition) is 3. The van der Waals surface area contributed by atoms with Crippen molar-refractivity contribution in [2.45, 2.75) is 50.7 Å². The highest BCUT2D eigenvalue weighted by Crippen LogP contribution is 2.37. The van der Waals surface area contributed by atoms with Crippen molar-refractivity contribution in [3.8, 4) is 0 Å². The molecule has 1 amide bonds. The van der Waals surface area contributed by atoms with Gasteiger partial charge in [0.05, 0.1) is 5.69 Å². The summed E-state index contributed by atoms with van der Waals surface area (Å²) in [7, 11) is 0. The van der Waals surface area contributed by atoms with E-state index in [-0.39, 0.29) is 5.91 Å². The number of carboxylic acid groups (broad SMARTS) is 1. The first kappa shape index (κ1) is 17.6. The van der Waals surface area contributed by atoms with Crippen LogP contribution < -0.4 is 5.32 Å². The lowest BCUT2D eigenvalue weighted by Gasteiger charge is -2.24. The fourth-order valence-electron chi connectivity index (χ4n) is 1.43. The zero-order valence-electron chi connectivity index (χ0n) is 13.2. The summed E-state index contributed by atoms with van der Waals surface area (Å²) < 4.78 is -0.957. The summed E-state index contributed by atoms with van der Waals surface area (Å²) in [5.74, 6) is -0.950. The molecular formula is C16H23NO3S. The van der Waals surface area contributed by atoms with Gasteiger partial charge in [-0.25, -0.2) is 0 Å². The Kier molecular flexibility index (Phi) is 5.45. The van der Waals surface area contributed by atoms with Gasteiger partial charge in [-0.05, 0) is 32.4 Å². The summed E-state index contributed by atoms with van der Waals surface area (Å²) in [6.45, 7) is 9.04. The molecule has 0 radical (unpaired) electrons. The van der Waals surface area contributed by atoms with Gasteiger partial charge in [0.15, 0.2) is 0 Å². The quantitative estimate of drug-likeness (QED) is 0.779. The van der Waals surface area contributed by atoms with Crippen molar-refractivity contribution in [1.82, 2.24) is 0 Å². The Morgan fingerprint density at radius 3 is 2.29 bits per heavy atom. The van der Waals surface area contributed by atoms with Crippen LogP contribution >= 0.6 is 11.8 Å². The first-order valence-electron chi connectivity index (χ1n) is 6.93. The number of benzene rings is 1. The summed E-state index contributed by atoms with van der Waals surface area (Å²) in [6.07, 6.45) is 0.731. The number of nitrogens with one attached hydrogen (secondary N) is 1. The van der Waals surface area contributed by atoms with Crippen molar-refractivity contribution < 1.29 is 14.7 Å². The van der Waals surface area contributed by atoms with Crippen LogP contribution in [0.15, 0.2) is 29.2 Å². The van der Waals surface area contributed by atoms with Crippen LogP contribution in [0.1, 0.15) is 41.0 Å². The molecule has 0 atom stereocenters. The standard InChI is InChI=1S/C16H23NO3S/c1-6-15(2,3)13(18)17-11-9-7-8-10-12(11)21-16(4,5)14(19)20/h7-10H,6H2,1-5H3,(H,17,18)(H,19,20). The molecular weight excluding hydrogens is 286 g/mol. The maximum Gasteiger partial charge on any atom is 0.319 e. The maximum atomic E-state index is 12.3. The van der Waals surface area contributed by atoms with Gasteiger partial charge in [-0.15, -0.1) is 11.8 Å². The third kappa shape index (κ3) is 4.49. The molecule has 0 aliphatic heterocycles. The number of carbonyl (C=O) groups excluding carboxylic acids is 1. The van der Waals surface area contributed by atoms with Crippen LogP contribution in [0.4, 0.5) is 5.69 Å². The maximum absolute atomic E-state index is 12.3. The van der Waals surface area contributed by atoms with Crippen molar-refractivity contribution in [1.29, 1.82) is 0 Å². The summed E-state index contributed by atoms with van der Waals surface area (Å²) in [5.41, 5.74) is 0.198. The minimum Gasteiger partial charge on any atom is -0.480 e. The first-order valence-corrected chi connectivity index (χ1v) is 7.74. The Labute approximate surface area is 130 Å². The van der Waals surface area contributed by atoms with E-state index in [0.717, 1.165) is 11.3 Å². The Hall–Kier alpha value is -1.49. The number of hydrogen-bond donors (Lipinski definition) is 2. The molecule has 21 heavy (non-hydrogen) atoms. The van der Waals surface area contributed by atoms with Crippen LogP contribution in [0.5, 0.6) is 0 Å². The van der Waals surface area contributed by atoms with Gasteiger partial charge in [0.1, 0.15) is 4.75 Å². The van der Waals surface area contributed by atoms with Crippen molar-refractivity contribution in [3.63, 3.8) is 0 Å². The number of anilines is 1. The fraction of sp³-hybridized carbons (Fsp3) is 0.500. The predicted molar refractivity (Wildman–Crippen MR) is 86.7 cm³/mol. The normalized spacial score (nSPS) is 12.0. The predicted octanol–water partition coefficient (Wildman–Crippen LogP) is 4.02. The lowest BCUT2D eigenvalue weighted by molar-refractivity contribution is -0.138. The Morgan fingerprint density at radius 2 is 1.76 bits per heavy atom. The van der Waals surface area contributed by atoms with E-state index in [9.17, 15) is 14.7 Å². The zero-order valence-corrected chi connectivity index (χ0v) is 14.0. The van der Waals surface area contributed by atoms with Gasteiger partial charge < -0.3 is 10.4 Å². The number of thioether (sulfide) groups is 1. The van der Waals surface area contributed by atoms with E-state index in [0.29, 0.717) is 5.69 Å². The number of para-hydroxylation sites is 1. The largest absolute Gasteiger partial charge is 0.480 e. The van der Waals surface area contributed by atoms with Crippen LogP contribution in [0.3, 0.4) is 0 Å². The molecule has 5 heteroatoms. The van der Waals surface area contributed by atoms with Crippen LogP contribution in [0.25, 0.3) is 0 Å². The number of aliphatic carboxylic acids is 1. The van der Waals surface area contributed by atoms with E-state index in [4.69, 9.17) is 0 Å². The summed E-state index contributed by atoms with van der Waals surface area (Å²) in [5, 5.41) is 12.1. The van der Waals surface area contributed by atoms with E-state index in [1.165, 1.54) is 11.8 Å². The SMILES string of the molecule is CCC(C)(C)C(=O)Nc1ccccc1SC(C)(C)C(=O)O. The topological polar surface area (TPSA) is 66.4 Å². The summed E-state index contributed by atoms with van der Waals surface area (Å²) in [6, 6.07) is 7.28. The molecule has 2 N–H and O–H groups in total. The van der Waals surface area contributed by atoms with Crippen molar-refractivity contribution in [2.24, 2.45) is 5.41 Å². The van der Waals surface area contributed by atoms with Gasteiger partial charge in [0, 0.05) is 10.3 Å². The molecule has 116 valence electrons. The second-order valence-electron chi connectivity index (χ2n) is 6.11. The molecule has 0 aliphatic carbocycles. The minimum absolute atomic E-state index is 0.0637. The number of rotatable bonds is 6. The number of carbonyl (C=O) groups is 2. The molecule has 0 bridgehead atoms. The monoisotopic (exact) mass is 309 g/mol. The molecule has 0 fully saturated rings. The van der Waals surface area contributed by atoms with E-state index < -0.39 is 16.1 Å². The van der Waals surface area contributed by atoms with E-state index in [1.807, 2.05) is 39.0 Å². The molecule has 0 heterocycles. The Bertz CT molecular complexity index is 538. The van der Waals surface area contributed by atoms with Crippen LogP contribution in [-0.2, 0) is 9.59 Å². The van der Waals surface area contributed by atoms with Crippen molar-refractivity contribution in [3.05, 3.63) is 24.3 Å². The highest BCUT2D eigenvalue weighted by atomic mass is 32.2. The zero-order chi connectivity index (χ0) is 16.3. The Morgan fingerprint density at radius 1 is 1.19 bits per heavy atom. The molecule has 0 aromatic heterocycles. The molecule has 1 rings (SSSR count). The molecule has 4 nitrogen and oxygen atoms in total. The average Bonchev–Trinajstić information content (AvgIpc) is 2.40. The Balaban J connectivity index is 3.01. The van der Waals surface area contributed by atoms with Crippen molar-refractivity contribution >= 4 is 29.3 Å². The van der Waals surface area contributed by atoms with Crippen LogP contribution in [-0.4, -0.2) is 21.7 Å². The van der Waals surface area contributed by atoms with Gasteiger partial charge in [-0.2, -0.15) is 0 Å². The third-order valence-corrected chi connectivity index (χ3v) is 4.77. The van der Waals surface area contributed by atoms with Crippen LogP contribution in [0.2, 0.25) is 0 Å². The lowest BCUT2D eigenvalue weighted by Crippen LogP contribution is -2.30. The fourth-order valence-corrected chi connectivity index (χ4v) is 2.44. The molecule has 0 spiro atoms. The average molecular weight is 309 g/mol. The van der Waals surface area contributed by atoms with Gasteiger partial charge >= 0.3 is 5.97 Å². The van der Waals surface area contributed by atoms with Gasteiger partial charge in [0.25, 0.3) is 0 Å². The van der Waals surface area contributed by atoms with Gasteiger partial charge in [0.2, 0.25) is 5.91 Å². The van der Waals surface area contributed by atoms with E-state index in [2.05, 4.69) is 5.32 Å². The van der Waals surface area contributed by atoms with Gasteiger partial charge in [-0.3, -0.25) is 9.59 Å². The minimum atomic E-state index is -0.957. The lowest BCUT2D eigenvalue weighted by atomic mass is 9.89.